The van der Waals surface area contributed by atoms with Gasteiger partial charge < -0.3 is 9.84 Å². The molecule has 2 heterocycles. The zero-order valence-corrected chi connectivity index (χ0v) is 11.8. The van der Waals surface area contributed by atoms with Crippen LogP contribution in [-0.2, 0) is 0 Å². The van der Waals surface area contributed by atoms with Crippen LogP contribution in [0.1, 0.15) is 52.9 Å². The Kier molecular flexibility index (Phi) is 3.82. The van der Waals surface area contributed by atoms with E-state index >= 15 is 0 Å². The average Bonchev–Trinajstić information content (AvgIpc) is 3.27. The second-order valence-corrected chi connectivity index (χ2v) is 5.20. The highest BCUT2D eigenvalue weighted by molar-refractivity contribution is 5.96. The summed E-state index contributed by atoms with van der Waals surface area (Å²) < 4.78 is 30.3. The third-order valence-corrected chi connectivity index (χ3v) is 3.56. The van der Waals surface area contributed by atoms with Gasteiger partial charge in [-0.2, -0.15) is 0 Å². The van der Waals surface area contributed by atoms with Crippen LogP contribution in [-0.4, -0.2) is 21.0 Å². The maximum atomic E-state index is 12.9. The summed E-state index contributed by atoms with van der Waals surface area (Å²) in [4.78, 5) is 20.7. The smallest absolute Gasteiger partial charge is 0.298 e. The summed E-state index contributed by atoms with van der Waals surface area (Å²) in [6, 6.07) is 1.28. The van der Waals surface area contributed by atoms with E-state index in [9.17, 15) is 13.6 Å². The maximum Gasteiger partial charge on any atom is 0.298 e. The Balaban J connectivity index is 1.85. The summed E-state index contributed by atoms with van der Waals surface area (Å²) in [5.41, 5.74) is -0.0760. The van der Waals surface area contributed by atoms with Crippen molar-refractivity contribution in [3.63, 3.8) is 0 Å². The molecule has 2 aromatic heterocycles. The van der Waals surface area contributed by atoms with Crippen molar-refractivity contribution >= 4 is 5.91 Å². The fourth-order valence-electron chi connectivity index (χ4n) is 2.32. The van der Waals surface area contributed by atoms with E-state index in [-0.39, 0.29) is 17.2 Å². The Morgan fingerprint density at radius 2 is 2.05 bits per heavy atom. The molecule has 1 aliphatic rings. The van der Waals surface area contributed by atoms with Crippen molar-refractivity contribution in [2.75, 3.05) is 0 Å². The van der Waals surface area contributed by atoms with E-state index in [0.29, 0.717) is 5.82 Å². The first-order valence-electron chi connectivity index (χ1n) is 6.90. The van der Waals surface area contributed by atoms with Crippen LogP contribution < -0.4 is 5.32 Å². The van der Waals surface area contributed by atoms with E-state index in [1.54, 1.807) is 18.5 Å². The highest BCUT2D eigenvalue weighted by Crippen LogP contribution is 2.40. The Hall–Kier alpha value is -2.38. The van der Waals surface area contributed by atoms with Crippen molar-refractivity contribution in [1.29, 1.82) is 0 Å². The molecule has 1 aliphatic carbocycles. The van der Waals surface area contributed by atoms with Crippen LogP contribution >= 0.6 is 0 Å². The largest absolute Gasteiger partial charge is 0.354 e. The Morgan fingerprint density at radius 3 is 2.64 bits per heavy atom. The third kappa shape index (κ3) is 2.81. The Morgan fingerprint density at radius 1 is 1.36 bits per heavy atom. The average molecular weight is 308 g/mol. The highest BCUT2D eigenvalue weighted by Gasteiger charge is 2.37. The van der Waals surface area contributed by atoms with Crippen molar-refractivity contribution < 1.29 is 18.1 Å². The molecule has 1 N–H and O–H groups in total. The van der Waals surface area contributed by atoms with Gasteiger partial charge in [0.2, 0.25) is 5.76 Å². The molecule has 2 aromatic rings. The molecule has 1 atom stereocenters. The lowest BCUT2D eigenvalue weighted by atomic mass is 10.1. The number of hydrogen-bond donors (Lipinski definition) is 1. The lowest BCUT2D eigenvalue weighted by molar-refractivity contribution is 0.0888. The quantitative estimate of drug-likeness (QED) is 0.918. The van der Waals surface area contributed by atoms with Gasteiger partial charge in [-0.1, -0.05) is 5.16 Å². The minimum absolute atomic E-state index is 0.135. The van der Waals surface area contributed by atoms with Crippen LogP contribution in [0, 0.1) is 12.8 Å². The van der Waals surface area contributed by atoms with Crippen molar-refractivity contribution in [1.82, 2.24) is 20.4 Å². The lowest BCUT2D eigenvalue weighted by Crippen LogP contribution is -2.32. The van der Waals surface area contributed by atoms with E-state index in [2.05, 4.69) is 25.0 Å². The maximum absolute atomic E-state index is 12.9. The minimum atomic E-state index is -2.89. The Labute approximate surface area is 124 Å². The first-order chi connectivity index (χ1) is 10.6. The second kappa shape index (κ2) is 5.78. The normalized spacial score (nSPS) is 15.8. The number of amides is 1. The number of halogens is 2. The zero-order chi connectivity index (χ0) is 15.7. The standard InChI is InChI=1S/C14H14F2N4O2/c1-7-9(11(12(15)16)22-20-7)14(21)19-10(8-3-4-8)13-17-5-2-6-18-13/h2,5-6,8,10,12H,3-4H2,1H3,(H,19,21)/t10-/m0/s1. The van der Waals surface area contributed by atoms with Gasteiger partial charge in [-0.3, -0.25) is 4.79 Å². The molecule has 22 heavy (non-hydrogen) atoms. The molecular weight excluding hydrogens is 294 g/mol. The zero-order valence-electron chi connectivity index (χ0n) is 11.8. The number of nitrogens with zero attached hydrogens (tertiary/aromatic N) is 3. The molecule has 8 heteroatoms. The van der Waals surface area contributed by atoms with Gasteiger partial charge in [-0.05, 0) is 31.7 Å². The molecule has 0 aliphatic heterocycles. The highest BCUT2D eigenvalue weighted by atomic mass is 19.3. The lowest BCUT2D eigenvalue weighted by Gasteiger charge is -2.16. The molecule has 1 amide bonds. The van der Waals surface area contributed by atoms with Crippen molar-refractivity contribution in [2.24, 2.45) is 5.92 Å². The van der Waals surface area contributed by atoms with Gasteiger partial charge >= 0.3 is 0 Å². The fraction of sp³-hybridized carbons (Fsp3) is 0.429. The number of rotatable bonds is 5. The Bertz CT molecular complexity index is 671. The van der Waals surface area contributed by atoms with E-state index in [0.717, 1.165) is 12.8 Å². The predicted molar refractivity (Wildman–Crippen MR) is 71.2 cm³/mol. The molecule has 1 fully saturated rings. The summed E-state index contributed by atoms with van der Waals surface area (Å²) >= 11 is 0. The summed E-state index contributed by atoms with van der Waals surface area (Å²) in [7, 11) is 0. The summed E-state index contributed by atoms with van der Waals surface area (Å²) in [5, 5.41) is 6.19. The summed E-state index contributed by atoms with van der Waals surface area (Å²) in [5.74, 6) is -0.649. The summed E-state index contributed by atoms with van der Waals surface area (Å²) in [6.07, 6.45) is 2.15. The number of aromatic nitrogens is 3. The minimum Gasteiger partial charge on any atom is -0.354 e. The van der Waals surface area contributed by atoms with Gasteiger partial charge in [0, 0.05) is 12.4 Å². The van der Waals surface area contributed by atoms with Crippen LogP contribution in [0.4, 0.5) is 8.78 Å². The van der Waals surface area contributed by atoms with Gasteiger partial charge in [-0.15, -0.1) is 0 Å². The van der Waals surface area contributed by atoms with Gasteiger partial charge in [0.25, 0.3) is 12.3 Å². The number of hydrogen-bond acceptors (Lipinski definition) is 5. The number of carbonyl (C=O) groups is 1. The van der Waals surface area contributed by atoms with Crippen molar-refractivity contribution in [2.45, 2.75) is 32.2 Å². The number of alkyl halides is 2. The topological polar surface area (TPSA) is 80.9 Å². The predicted octanol–water partition coefficient (Wildman–Crippen LogP) is 2.59. The van der Waals surface area contributed by atoms with Gasteiger partial charge in [0.05, 0.1) is 11.7 Å². The number of carbonyl (C=O) groups excluding carboxylic acids is 1. The van der Waals surface area contributed by atoms with Gasteiger partial charge in [0.1, 0.15) is 5.56 Å². The van der Waals surface area contributed by atoms with Crippen molar-refractivity contribution in [3.05, 3.63) is 41.3 Å². The van der Waals surface area contributed by atoms with Crippen LogP contribution in [0.2, 0.25) is 0 Å². The van der Waals surface area contributed by atoms with Crippen LogP contribution in [0.25, 0.3) is 0 Å². The second-order valence-electron chi connectivity index (χ2n) is 5.20. The fourth-order valence-corrected chi connectivity index (χ4v) is 2.32. The van der Waals surface area contributed by atoms with E-state index in [1.165, 1.54) is 6.92 Å². The van der Waals surface area contributed by atoms with E-state index in [4.69, 9.17) is 0 Å². The summed E-state index contributed by atoms with van der Waals surface area (Å²) in [6.45, 7) is 1.45. The van der Waals surface area contributed by atoms with Gasteiger partial charge in [-0.25, -0.2) is 18.7 Å². The first-order valence-corrected chi connectivity index (χ1v) is 6.90. The molecule has 1 saturated carbocycles. The van der Waals surface area contributed by atoms with E-state index < -0.39 is 24.1 Å². The SMILES string of the molecule is Cc1noc(C(F)F)c1C(=O)N[C@H](c1ncccn1)C1CC1. The van der Waals surface area contributed by atoms with Crippen LogP contribution in [0.15, 0.2) is 23.0 Å². The third-order valence-electron chi connectivity index (χ3n) is 3.56. The van der Waals surface area contributed by atoms with Crippen molar-refractivity contribution in [3.8, 4) is 0 Å². The molecule has 116 valence electrons. The molecule has 0 radical (unpaired) electrons. The molecule has 0 aromatic carbocycles. The number of aryl methyl sites for hydroxylation is 1. The molecule has 0 saturated heterocycles. The molecule has 0 unspecified atom stereocenters. The molecule has 6 nitrogen and oxygen atoms in total. The first kappa shape index (κ1) is 14.6. The monoisotopic (exact) mass is 308 g/mol. The molecular formula is C14H14F2N4O2. The van der Waals surface area contributed by atoms with Crippen LogP contribution in [0.3, 0.4) is 0 Å². The van der Waals surface area contributed by atoms with Crippen LogP contribution in [0.5, 0.6) is 0 Å². The molecule has 3 rings (SSSR count). The van der Waals surface area contributed by atoms with Gasteiger partial charge in [0.15, 0.2) is 5.82 Å². The molecule has 0 bridgehead atoms. The van der Waals surface area contributed by atoms with E-state index in [1.807, 2.05) is 0 Å². The number of nitrogens with one attached hydrogen (secondary N) is 1. The molecule has 0 spiro atoms.